The molecule has 1 heterocycles. The standard InChI is InChI=1S/C47H32N2/c1-4-17-33(18-5-1)44-32-45(49-46(48-44)34-19-6-2-7-20-34)41-28-11-10-25-38(41)35-21-16-24-37(31-35)47(36-22-8-3-9-23-36)42-29-14-12-26-39(42)40-27-13-15-30-43(40)47/h1-32H. The zero-order valence-electron chi connectivity index (χ0n) is 26.9. The Balaban J connectivity index is 1.26. The third-order valence-electron chi connectivity index (χ3n) is 9.80. The molecule has 0 amide bonds. The summed E-state index contributed by atoms with van der Waals surface area (Å²) in [5.41, 5.74) is 14.4. The molecule has 0 aliphatic heterocycles. The van der Waals surface area contributed by atoms with Crippen LogP contribution < -0.4 is 0 Å². The number of fused-ring (bicyclic) bond motifs is 3. The molecule has 0 saturated carbocycles. The molecule has 0 fully saturated rings. The molecule has 1 aliphatic rings. The maximum Gasteiger partial charge on any atom is 0.160 e. The average Bonchev–Trinajstić information content (AvgIpc) is 3.50. The van der Waals surface area contributed by atoms with Crippen LogP contribution in [0, 0.1) is 0 Å². The fraction of sp³-hybridized carbons (Fsp3) is 0.0213. The number of rotatable bonds is 6. The molecular formula is C47H32N2. The van der Waals surface area contributed by atoms with Gasteiger partial charge in [0.2, 0.25) is 0 Å². The second-order valence-electron chi connectivity index (χ2n) is 12.5. The van der Waals surface area contributed by atoms with Crippen molar-refractivity contribution in [3.8, 4) is 56.2 Å². The lowest BCUT2D eigenvalue weighted by atomic mass is 9.67. The molecule has 1 aromatic heterocycles. The highest BCUT2D eigenvalue weighted by molar-refractivity contribution is 5.88. The maximum atomic E-state index is 5.20. The van der Waals surface area contributed by atoms with Gasteiger partial charge in [0.25, 0.3) is 0 Å². The molecule has 8 aromatic rings. The van der Waals surface area contributed by atoms with Gasteiger partial charge in [0.1, 0.15) is 0 Å². The second-order valence-corrected chi connectivity index (χ2v) is 12.5. The van der Waals surface area contributed by atoms with E-state index in [1.807, 2.05) is 24.3 Å². The third kappa shape index (κ3) is 4.80. The summed E-state index contributed by atoms with van der Waals surface area (Å²) < 4.78 is 0. The largest absolute Gasteiger partial charge is 0.228 e. The van der Waals surface area contributed by atoms with Crippen LogP contribution in [0.25, 0.3) is 56.2 Å². The van der Waals surface area contributed by atoms with E-state index in [1.54, 1.807) is 0 Å². The predicted molar refractivity (Wildman–Crippen MR) is 201 cm³/mol. The number of nitrogens with zero attached hydrogens (tertiary/aromatic N) is 2. The number of benzene rings is 7. The lowest BCUT2D eigenvalue weighted by Crippen LogP contribution is -2.28. The van der Waals surface area contributed by atoms with Crippen molar-refractivity contribution in [3.05, 3.63) is 216 Å². The zero-order valence-corrected chi connectivity index (χ0v) is 26.9. The molecule has 1 aliphatic carbocycles. The lowest BCUT2D eigenvalue weighted by molar-refractivity contribution is 0.769. The monoisotopic (exact) mass is 624 g/mol. The summed E-state index contributed by atoms with van der Waals surface area (Å²) in [5.74, 6) is 0.711. The van der Waals surface area contributed by atoms with Crippen LogP contribution in [-0.4, -0.2) is 9.97 Å². The van der Waals surface area contributed by atoms with E-state index in [0.29, 0.717) is 5.82 Å². The second kappa shape index (κ2) is 12.0. The Morgan fingerprint density at radius 2 is 0.776 bits per heavy atom. The third-order valence-corrected chi connectivity index (χ3v) is 9.80. The van der Waals surface area contributed by atoms with E-state index < -0.39 is 5.41 Å². The molecule has 49 heavy (non-hydrogen) atoms. The Morgan fingerprint density at radius 1 is 0.306 bits per heavy atom. The highest BCUT2D eigenvalue weighted by Crippen LogP contribution is 2.56. The van der Waals surface area contributed by atoms with Crippen LogP contribution in [0.2, 0.25) is 0 Å². The van der Waals surface area contributed by atoms with Crippen molar-refractivity contribution in [2.75, 3.05) is 0 Å². The lowest BCUT2D eigenvalue weighted by Gasteiger charge is -2.34. The first-order valence-electron chi connectivity index (χ1n) is 16.8. The molecule has 0 spiro atoms. The van der Waals surface area contributed by atoms with Crippen molar-refractivity contribution in [1.82, 2.24) is 9.97 Å². The Bertz CT molecular complexity index is 2330. The summed E-state index contributed by atoms with van der Waals surface area (Å²) in [5, 5.41) is 0. The van der Waals surface area contributed by atoms with Gasteiger partial charge >= 0.3 is 0 Å². The molecule has 0 bridgehead atoms. The first-order chi connectivity index (χ1) is 24.3. The van der Waals surface area contributed by atoms with Crippen LogP contribution in [0.15, 0.2) is 194 Å². The van der Waals surface area contributed by atoms with Gasteiger partial charge in [0.15, 0.2) is 5.82 Å². The Labute approximate surface area is 287 Å². The van der Waals surface area contributed by atoms with Gasteiger partial charge in [-0.2, -0.15) is 0 Å². The molecule has 9 rings (SSSR count). The van der Waals surface area contributed by atoms with E-state index in [-0.39, 0.29) is 0 Å². The zero-order chi connectivity index (χ0) is 32.6. The quantitative estimate of drug-likeness (QED) is 0.184. The number of hydrogen-bond acceptors (Lipinski definition) is 2. The summed E-state index contributed by atoms with van der Waals surface area (Å²) in [6, 6.07) is 69.2. The molecule has 230 valence electrons. The molecule has 0 atom stereocenters. The predicted octanol–water partition coefficient (Wildman–Crippen LogP) is 11.5. The van der Waals surface area contributed by atoms with Crippen molar-refractivity contribution in [3.63, 3.8) is 0 Å². The van der Waals surface area contributed by atoms with Crippen molar-refractivity contribution < 1.29 is 0 Å². The van der Waals surface area contributed by atoms with E-state index >= 15 is 0 Å². The molecule has 0 saturated heterocycles. The van der Waals surface area contributed by atoms with E-state index in [0.717, 1.165) is 39.2 Å². The normalized spacial score (nSPS) is 12.7. The molecule has 0 N–H and O–H groups in total. The summed E-state index contributed by atoms with van der Waals surface area (Å²) in [6.45, 7) is 0. The van der Waals surface area contributed by atoms with Crippen LogP contribution in [0.4, 0.5) is 0 Å². The van der Waals surface area contributed by atoms with Gasteiger partial charge in [-0.1, -0.05) is 182 Å². The minimum atomic E-state index is -0.463. The Hall–Kier alpha value is -6.38. The average molecular weight is 625 g/mol. The van der Waals surface area contributed by atoms with E-state index in [9.17, 15) is 0 Å². The van der Waals surface area contributed by atoms with Crippen LogP contribution in [0.5, 0.6) is 0 Å². The minimum Gasteiger partial charge on any atom is -0.228 e. The van der Waals surface area contributed by atoms with Gasteiger partial charge in [0, 0.05) is 16.7 Å². The van der Waals surface area contributed by atoms with Crippen LogP contribution in [0.3, 0.4) is 0 Å². The summed E-state index contributed by atoms with van der Waals surface area (Å²) >= 11 is 0. The van der Waals surface area contributed by atoms with Crippen LogP contribution >= 0.6 is 0 Å². The molecule has 2 heteroatoms. The molecule has 0 unspecified atom stereocenters. The SMILES string of the molecule is c1ccc(-c2cc(-c3ccccc3-c3cccc(C4(c5ccccc5)c5ccccc5-c5ccccc54)c3)nc(-c3ccccc3)n2)cc1. The molecule has 2 nitrogen and oxygen atoms in total. The topological polar surface area (TPSA) is 25.8 Å². The molecule has 7 aromatic carbocycles. The minimum absolute atomic E-state index is 0.463. The van der Waals surface area contributed by atoms with Crippen molar-refractivity contribution in [1.29, 1.82) is 0 Å². The number of aromatic nitrogens is 2. The molecular weight excluding hydrogens is 593 g/mol. The van der Waals surface area contributed by atoms with E-state index in [2.05, 4.69) is 170 Å². The van der Waals surface area contributed by atoms with Crippen LogP contribution in [0.1, 0.15) is 22.3 Å². The highest BCUT2D eigenvalue weighted by Gasteiger charge is 2.45. The molecule has 0 radical (unpaired) electrons. The summed E-state index contributed by atoms with van der Waals surface area (Å²) in [7, 11) is 0. The van der Waals surface area contributed by atoms with Crippen molar-refractivity contribution in [2.24, 2.45) is 0 Å². The van der Waals surface area contributed by atoms with Crippen LogP contribution in [-0.2, 0) is 5.41 Å². The Morgan fingerprint density at radius 3 is 1.43 bits per heavy atom. The fourth-order valence-electron chi connectivity index (χ4n) is 7.65. The Kier molecular flexibility index (Phi) is 7.06. The van der Waals surface area contributed by atoms with Gasteiger partial charge in [-0.05, 0) is 56.6 Å². The number of hydrogen-bond donors (Lipinski definition) is 0. The fourth-order valence-corrected chi connectivity index (χ4v) is 7.65. The highest BCUT2D eigenvalue weighted by atomic mass is 14.9. The van der Waals surface area contributed by atoms with E-state index in [4.69, 9.17) is 9.97 Å². The maximum absolute atomic E-state index is 5.20. The first kappa shape index (κ1) is 28.8. The van der Waals surface area contributed by atoms with Gasteiger partial charge in [-0.3, -0.25) is 0 Å². The van der Waals surface area contributed by atoms with Crippen molar-refractivity contribution in [2.45, 2.75) is 5.41 Å². The first-order valence-corrected chi connectivity index (χ1v) is 16.8. The smallest absolute Gasteiger partial charge is 0.160 e. The summed E-state index contributed by atoms with van der Waals surface area (Å²) in [6.07, 6.45) is 0. The van der Waals surface area contributed by atoms with Crippen molar-refractivity contribution >= 4 is 0 Å². The van der Waals surface area contributed by atoms with Gasteiger partial charge in [0.05, 0.1) is 16.8 Å². The van der Waals surface area contributed by atoms with Gasteiger partial charge in [-0.15, -0.1) is 0 Å². The van der Waals surface area contributed by atoms with Gasteiger partial charge < -0.3 is 0 Å². The van der Waals surface area contributed by atoms with Gasteiger partial charge in [-0.25, -0.2) is 9.97 Å². The summed E-state index contributed by atoms with van der Waals surface area (Å²) in [4.78, 5) is 10.2. The van der Waals surface area contributed by atoms with E-state index in [1.165, 1.54) is 33.4 Å².